The molecule has 1 aliphatic heterocycles. The van der Waals surface area contributed by atoms with E-state index < -0.39 is 0 Å². The fraction of sp³-hybridized carbons (Fsp3) is 0.333. The van der Waals surface area contributed by atoms with Gasteiger partial charge in [-0.2, -0.15) is 0 Å². The number of carbonyl (C=O) groups excluding carboxylic acids is 1. The van der Waals surface area contributed by atoms with Crippen LogP contribution in [0.1, 0.15) is 43.1 Å². The van der Waals surface area contributed by atoms with Gasteiger partial charge in [0.05, 0.1) is 46.8 Å². The molecule has 0 atom stereocenters. The number of benzene rings is 1. The highest BCUT2D eigenvalue weighted by molar-refractivity contribution is 6.06. The molecule has 5 rings (SSSR count). The summed E-state index contributed by atoms with van der Waals surface area (Å²) in [6.45, 7) is 8.54. The summed E-state index contributed by atoms with van der Waals surface area (Å²) in [7, 11) is 1.75. The molecule has 0 bridgehead atoms. The summed E-state index contributed by atoms with van der Waals surface area (Å²) >= 11 is 0. The van der Waals surface area contributed by atoms with E-state index in [1.165, 1.54) is 0 Å². The van der Waals surface area contributed by atoms with Crippen LogP contribution in [-0.4, -0.2) is 51.1 Å². The van der Waals surface area contributed by atoms with E-state index in [9.17, 15) is 4.79 Å². The standard InChI is InChI=1S/C27H31N7O2/c1-5-33(12-10-27(2,3)36-4)18-6-9-23(29-14-18)32-21-8-7-19(20-15-31-26(35)25(20)21)22-16-30-24-17-28-11-13-34(22)24/h6-9,11,13-14,16-17H,5,10,12,15H2,1-4H3,(H,29,32)(H,31,35). The molecule has 4 aromatic rings. The molecule has 9 heteroatoms. The highest BCUT2D eigenvalue weighted by Crippen LogP contribution is 2.35. The second-order valence-corrected chi connectivity index (χ2v) is 9.46. The fourth-order valence-electron chi connectivity index (χ4n) is 4.49. The van der Waals surface area contributed by atoms with Gasteiger partial charge in [-0.15, -0.1) is 0 Å². The van der Waals surface area contributed by atoms with E-state index in [0.717, 1.165) is 53.4 Å². The van der Waals surface area contributed by atoms with Crippen molar-refractivity contribution in [2.45, 2.75) is 39.3 Å². The lowest BCUT2D eigenvalue weighted by Crippen LogP contribution is -2.32. The molecular formula is C27H31N7O2. The Morgan fingerprint density at radius 2 is 2.03 bits per heavy atom. The maximum absolute atomic E-state index is 12.8. The van der Waals surface area contributed by atoms with Gasteiger partial charge in [-0.3, -0.25) is 14.2 Å². The Hall–Kier alpha value is -3.98. The van der Waals surface area contributed by atoms with Crippen LogP contribution in [0.15, 0.2) is 55.2 Å². The molecule has 0 saturated heterocycles. The number of carbonyl (C=O) groups is 1. The number of hydrogen-bond donors (Lipinski definition) is 2. The minimum absolute atomic E-state index is 0.0978. The Balaban J connectivity index is 1.39. The average Bonchev–Trinajstić information content (AvgIpc) is 3.50. The zero-order valence-electron chi connectivity index (χ0n) is 21.1. The van der Waals surface area contributed by atoms with E-state index in [4.69, 9.17) is 4.74 Å². The molecule has 3 aromatic heterocycles. The summed E-state index contributed by atoms with van der Waals surface area (Å²) < 4.78 is 7.54. The summed E-state index contributed by atoms with van der Waals surface area (Å²) in [5.74, 6) is 0.585. The van der Waals surface area contributed by atoms with Crippen molar-refractivity contribution in [1.29, 1.82) is 0 Å². The molecule has 0 radical (unpaired) electrons. The summed E-state index contributed by atoms with van der Waals surface area (Å²) in [5, 5.41) is 6.32. The van der Waals surface area contributed by atoms with Crippen LogP contribution in [0, 0.1) is 0 Å². The van der Waals surface area contributed by atoms with Gasteiger partial charge in [0.25, 0.3) is 5.91 Å². The van der Waals surface area contributed by atoms with Gasteiger partial charge in [0.1, 0.15) is 5.82 Å². The van der Waals surface area contributed by atoms with Gasteiger partial charge in [0.2, 0.25) is 0 Å². The quantitative estimate of drug-likeness (QED) is 0.362. The first-order valence-corrected chi connectivity index (χ1v) is 12.1. The van der Waals surface area contributed by atoms with E-state index in [1.54, 1.807) is 19.5 Å². The van der Waals surface area contributed by atoms with Crippen LogP contribution < -0.4 is 15.5 Å². The third-order valence-electron chi connectivity index (χ3n) is 6.85. The van der Waals surface area contributed by atoms with Crippen molar-refractivity contribution >= 4 is 28.7 Å². The highest BCUT2D eigenvalue weighted by Gasteiger charge is 2.27. The van der Waals surface area contributed by atoms with Gasteiger partial charge in [-0.25, -0.2) is 9.97 Å². The van der Waals surface area contributed by atoms with Crippen molar-refractivity contribution in [1.82, 2.24) is 24.7 Å². The third-order valence-corrected chi connectivity index (χ3v) is 6.85. The molecule has 0 aliphatic carbocycles. The second kappa shape index (κ2) is 9.58. The molecule has 1 amide bonds. The maximum atomic E-state index is 12.8. The van der Waals surface area contributed by atoms with Crippen molar-refractivity contribution in [3.63, 3.8) is 0 Å². The third kappa shape index (κ3) is 4.49. The summed E-state index contributed by atoms with van der Waals surface area (Å²) in [6.07, 6.45) is 9.92. The lowest BCUT2D eigenvalue weighted by Gasteiger charge is -2.29. The van der Waals surface area contributed by atoms with Crippen LogP contribution in [0.4, 0.5) is 17.2 Å². The minimum Gasteiger partial charge on any atom is -0.379 e. The normalized spacial score (nSPS) is 13.1. The number of imidazole rings is 1. The lowest BCUT2D eigenvalue weighted by molar-refractivity contribution is 0.0172. The molecule has 4 heterocycles. The van der Waals surface area contributed by atoms with Gasteiger partial charge in [-0.1, -0.05) is 6.07 Å². The van der Waals surface area contributed by atoms with E-state index in [1.807, 2.05) is 41.2 Å². The van der Waals surface area contributed by atoms with Crippen LogP contribution >= 0.6 is 0 Å². The Labute approximate surface area is 210 Å². The molecular weight excluding hydrogens is 454 g/mol. The molecule has 9 nitrogen and oxygen atoms in total. The second-order valence-electron chi connectivity index (χ2n) is 9.46. The fourth-order valence-corrected chi connectivity index (χ4v) is 4.49. The highest BCUT2D eigenvalue weighted by atomic mass is 16.5. The number of amides is 1. The van der Waals surface area contributed by atoms with Crippen molar-refractivity contribution in [3.05, 3.63) is 66.4 Å². The zero-order chi connectivity index (χ0) is 25.3. The van der Waals surface area contributed by atoms with Crippen molar-refractivity contribution in [3.8, 4) is 11.3 Å². The van der Waals surface area contributed by atoms with E-state index in [0.29, 0.717) is 17.9 Å². The van der Waals surface area contributed by atoms with Crippen LogP contribution in [0.3, 0.4) is 0 Å². The number of rotatable bonds is 9. The number of ether oxygens (including phenoxy) is 1. The summed E-state index contributed by atoms with van der Waals surface area (Å²) in [4.78, 5) is 28.3. The van der Waals surface area contributed by atoms with Gasteiger partial charge in [0, 0.05) is 44.7 Å². The number of nitrogens with zero attached hydrogens (tertiary/aromatic N) is 5. The number of methoxy groups -OCH3 is 1. The van der Waals surface area contributed by atoms with Crippen LogP contribution in [0.2, 0.25) is 0 Å². The SMILES string of the molecule is CCN(CCC(C)(C)OC)c1ccc(Nc2ccc(-c3cnc4cnccn34)c3c2C(=O)NC3)nc1. The summed E-state index contributed by atoms with van der Waals surface area (Å²) in [6, 6.07) is 7.96. The Kier molecular flexibility index (Phi) is 6.32. The number of anilines is 3. The smallest absolute Gasteiger partial charge is 0.254 e. The molecule has 1 aromatic carbocycles. The molecule has 186 valence electrons. The minimum atomic E-state index is -0.171. The van der Waals surface area contributed by atoms with Crippen molar-refractivity contribution < 1.29 is 9.53 Å². The summed E-state index contributed by atoms with van der Waals surface area (Å²) in [5.41, 5.74) is 5.84. The first kappa shape index (κ1) is 23.7. The molecule has 0 fully saturated rings. The van der Waals surface area contributed by atoms with Gasteiger partial charge < -0.3 is 20.3 Å². The van der Waals surface area contributed by atoms with Crippen LogP contribution in [0.25, 0.3) is 16.9 Å². The molecule has 0 saturated carbocycles. The van der Waals surface area contributed by atoms with E-state index >= 15 is 0 Å². The largest absolute Gasteiger partial charge is 0.379 e. The molecule has 2 N–H and O–H groups in total. The number of nitrogens with one attached hydrogen (secondary N) is 2. The monoisotopic (exact) mass is 485 g/mol. The maximum Gasteiger partial charge on any atom is 0.254 e. The van der Waals surface area contributed by atoms with Gasteiger partial charge >= 0.3 is 0 Å². The number of aromatic nitrogens is 4. The number of pyridine rings is 1. The number of fused-ring (bicyclic) bond motifs is 2. The van der Waals surface area contributed by atoms with Crippen molar-refractivity contribution in [2.75, 3.05) is 30.4 Å². The first-order valence-electron chi connectivity index (χ1n) is 12.1. The molecule has 1 aliphatic rings. The molecule has 0 unspecified atom stereocenters. The predicted octanol–water partition coefficient (Wildman–Crippen LogP) is 4.42. The van der Waals surface area contributed by atoms with E-state index in [-0.39, 0.29) is 11.5 Å². The Morgan fingerprint density at radius 3 is 2.78 bits per heavy atom. The van der Waals surface area contributed by atoms with E-state index in [2.05, 4.69) is 57.3 Å². The van der Waals surface area contributed by atoms with Gasteiger partial charge in [0.15, 0.2) is 5.65 Å². The first-order chi connectivity index (χ1) is 17.4. The molecule has 36 heavy (non-hydrogen) atoms. The van der Waals surface area contributed by atoms with Crippen molar-refractivity contribution in [2.24, 2.45) is 0 Å². The number of hydrogen-bond acceptors (Lipinski definition) is 7. The molecule has 0 spiro atoms. The van der Waals surface area contributed by atoms with Crippen LogP contribution in [0.5, 0.6) is 0 Å². The Bertz CT molecular complexity index is 1400. The van der Waals surface area contributed by atoms with Crippen LogP contribution in [-0.2, 0) is 11.3 Å². The zero-order valence-corrected chi connectivity index (χ0v) is 21.1. The Morgan fingerprint density at radius 1 is 1.17 bits per heavy atom. The topological polar surface area (TPSA) is 96.7 Å². The van der Waals surface area contributed by atoms with Gasteiger partial charge in [-0.05, 0) is 51.0 Å². The predicted molar refractivity (Wildman–Crippen MR) is 141 cm³/mol. The lowest BCUT2D eigenvalue weighted by atomic mass is 9.99. The average molecular weight is 486 g/mol.